The number of hydrogen-bond donors (Lipinski definition) is 1. The van der Waals surface area contributed by atoms with Crippen LogP contribution in [0.4, 0.5) is 11.5 Å². The molecule has 2 fully saturated rings. The highest BCUT2D eigenvalue weighted by Crippen LogP contribution is 2.33. The number of halogens is 1. The normalized spacial score (nSPS) is 20.0. The van der Waals surface area contributed by atoms with Crippen LogP contribution in [0.1, 0.15) is 51.4 Å². The quantitative estimate of drug-likeness (QED) is 0.702. The summed E-state index contributed by atoms with van der Waals surface area (Å²) in [6.07, 6.45) is 8.77. The molecular formula is C23H27ClN4O. The van der Waals surface area contributed by atoms with Gasteiger partial charge < -0.3 is 10.2 Å². The number of fused-ring (bicyclic) bond motifs is 1. The molecule has 2 aromatic rings. The first kappa shape index (κ1) is 20.0. The third kappa shape index (κ3) is 4.64. The van der Waals surface area contributed by atoms with Gasteiger partial charge in [0, 0.05) is 24.9 Å². The van der Waals surface area contributed by atoms with Crippen LogP contribution >= 0.6 is 11.6 Å². The fourth-order valence-electron chi connectivity index (χ4n) is 4.56. The Morgan fingerprint density at radius 1 is 1.21 bits per heavy atom. The molecule has 1 N–H and O–H groups in total. The SMILES string of the molecule is N#C[C@H]1CCN(c2ccc3c(NC(=O)CCC4CCCCC4)c(Cl)ccc3n2)C1. The van der Waals surface area contributed by atoms with Gasteiger partial charge in [-0.25, -0.2) is 4.98 Å². The maximum absolute atomic E-state index is 12.6. The predicted molar refractivity (Wildman–Crippen MR) is 117 cm³/mol. The molecule has 152 valence electrons. The van der Waals surface area contributed by atoms with Gasteiger partial charge in [-0.2, -0.15) is 5.26 Å². The minimum absolute atomic E-state index is 0.0189. The Bertz CT molecular complexity index is 932. The zero-order valence-corrected chi connectivity index (χ0v) is 17.4. The highest BCUT2D eigenvalue weighted by Gasteiger charge is 2.23. The molecule has 4 rings (SSSR count). The average molecular weight is 411 g/mol. The predicted octanol–water partition coefficient (Wildman–Crippen LogP) is 5.54. The van der Waals surface area contributed by atoms with Gasteiger partial charge >= 0.3 is 0 Å². The smallest absolute Gasteiger partial charge is 0.224 e. The molecule has 5 nitrogen and oxygen atoms in total. The first-order valence-electron chi connectivity index (χ1n) is 10.7. The molecule has 0 bridgehead atoms. The van der Waals surface area contributed by atoms with Crippen molar-refractivity contribution in [1.29, 1.82) is 5.26 Å². The lowest BCUT2D eigenvalue weighted by Gasteiger charge is -2.21. The van der Waals surface area contributed by atoms with Gasteiger partial charge in [0.15, 0.2) is 0 Å². The largest absolute Gasteiger partial charge is 0.355 e. The van der Waals surface area contributed by atoms with Gasteiger partial charge in [0.1, 0.15) is 5.82 Å². The highest BCUT2D eigenvalue weighted by molar-refractivity contribution is 6.35. The topological polar surface area (TPSA) is 69.0 Å². The molecule has 0 unspecified atom stereocenters. The van der Waals surface area contributed by atoms with Crippen molar-refractivity contribution in [3.63, 3.8) is 0 Å². The Hall–Kier alpha value is -2.32. The van der Waals surface area contributed by atoms with Crippen molar-refractivity contribution >= 4 is 39.9 Å². The van der Waals surface area contributed by atoms with E-state index in [0.717, 1.165) is 36.1 Å². The summed E-state index contributed by atoms with van der Waals surface area (Å²) >= 11 is 6.41. The lowest BCUT2D eigenvalue weighted by atomic mass is 9.86. The maximum Gasteiger partial charge on any atom is 0.224 e. The number of carbonyl (C=O) groups is 1. The molecule has 29 heavy (non-hydrogen) atoms. The number of pyridine rings is 1. The number of amides is 1. The van der Waals surface area contributed by atoms with E-state index in [4.69, 9.17) is 21.8 Å². The van der Waals surface area contributed by atoms with Gasteiger partial charge in [0.05, 0.1) is 28.2 Å². The molecule has 1 aromatic carbocycles. The maximum atomic E-state index is 12.6. The second kappa shape index (κ2) is 9.00. The molecule has 1 atom stereocenters. The van der Waals surface area contributed by atoms with Crippen LogP contribution in [0.2, 0.25) is 5.02 Å². The second-order valence-electron chi connectivity index (χ2n) is 8.31. The van der Waals surface area contributed by atoms with E-state index in [1.807, 2.05) is 18.2 Å². The Labute approximate surface area is 177 Å². The van der Waals surface area contributed by atoms with Crippen LogP contribution < -0.4 is 10.2 Å². The van der Waals surface area contributed by atoms with Crippen LogP contribution in [0.3, 0.4) is 0 Å². The zero-order chi connectivity index (χ0) is 20.2. The van der Waals surface area contributed by atoms with Gasteiger partial charge in [-0.15, -0.1) is 0 Å². The van der Waals surface area contributed by atoms with Crippen molar-refractivity contribution in [3.8, 4) is 6.07 Å². The van der Waals surface area contributed by atoms with Crippen molar-refractivity contribution in [2.24, 2.45) is 11.8 Å². The third-order valence-corrected chi connectivity index (χ3v) is 6.58. The van der Waals surface area contributed by atoms with Gasteiger partial charge in [-0.05, 0) is 43.0 Å². The Kier molecular flexibility index (Phi) is 6.20. The molecule has 1 saturated carbocycles. The first-order valence-corrected chi connectivity index (χ1v) is 11.1. The molecule has 1 aromatic heterocycles. The van der Waals surface area contributed by atoms with Crippen molar-refractivity contribution in [3.05, 3.63) is 29.3 Å². The molecule has 1 amide bonds. The molecule has 2 aliphatic rings. The third-order valence-electron chi connectivity index (χ3n) is 6.27. The summed E-state index contributed by atoms with van der Waals surface area (Å²) < 4.78 is 0. The highest BCUT2D eigenvalue weighted by atomic mass is 35.5. The number of anilines is 2. The zero-order valence-electron chi connectivity index (χ0n) is 16.7. The molecule has 0 radical (unpaired) electrons. The first-order chi connectivity index (χ1) is 14.1. The van der Waals surface area contributed by atoms with Crippen molar-refractivity contribution < 1.29 is 4.79 Å². The van der Waals surface area contributed by atoms with E-state index in [1.54, 1.807) is 6.07 Å². The summed E-state index contributed by atoms with van der Waals surface area (Å²) in [5.74, 6) is 1.63. The van der Waals surface area contributed by atoms with E-state index in [2.05, 4.69) is 16.3 Å². The van der Waals surface area contributed by atoms with E-state index in [9.17, 15) is 4.79 Å². The number of rotatable bonds is 5. The summed E-state index contributed by atoms with van der Waals surface area (Å²) in [5.41, 5.74) is 1.45. The fraction of sp³-hybridized carbons (Fsp3) is 0.522. The number of carbonyl (C=O) groups excluding carboxylic acids is 1. The molecule has 1 aliphatic carbocycles. The summed E-state index contributed by atoms with van der Waals surface area (Å²) in [6.45, 7) is 1.56. The van der Waals surface area contributed by atoms with Crippen LogP contribution in [-0.2, 0) is 4.79 Å². The molecule has 2 heterocycles. The average Bonchev–Trinajstić information content (AvgIpc) is 3.24. The van der Waals surface area contributed by atoms with E-state index < -0.39 is 0 Å². The van der Waals surface area contributed by atoms with E-state index in [-0.39, 0.29) is 11.8 Å². The molecular weight excluding hydrogens is 384 g/mol. The van der Waals surface area contributed by atoms with Crippen molar-refractivity contribution in [1.82, 2.24) is 4.98 Å². The Balaban J connectivity index is 1.47. The van der Waals surface area contributed by atoms with Gasteiger partial charge in [0.2, 0.25) is 5.91 Å². The van der Waals surface area contributed by atoms with Crippen LogP contribution in [0.15, 0.2) is 24.3 Å². The van der Waals surface area contributed by atoms with Crippen molar-refractivity contribution in [2.45, 2.75) is 51.4 Å². The standard InChI is InChI=1S/C23H27ClN4O/c24-19-8-9-20-18(7-10-21(26-20)28-13-12-17(14-25)15-28)23(19)27-22(29)11-6-16-4-2-1-3-5-16/h7-10,16-17H,1-6,11-13,15H2,(H,27,29)/t17-/m1/s1. The summed E-state index contributed by atoms with van der Waals surface area (Å²) in [5, 5.41) is 13.5. The Morgan fingerprint density at radius 2 is 2.03 bits per heavy atom. The number of benzene rings is 1. The van der Waals surface area contributed by atoms with E-state index >= 15 is 0 Å². The van der Waals surface area contributed by atoms with Gasteiger partial charge in [-0.1, -0.05) is 43.7 Å². The summed E-state index contributed by atoms with van der Waals surface area (Å²) in [4.78, 5) is 19.5. The Morgan fingerprint density at radius 3 is 2.79 bits per heavy atom. The van der Waals surface area contributed by atoms with Crippen LogP contribution in [0.5, 0.6) is 0 Å². The molecule has 1 saturated heterocycles. The lowest BCUT2D eigenvalue weighted by molar-refractivity contribution is -0.116. The fourth-order valence-corrected chi connectivity index (χ4v) is 4.77. The summed E-state index contributed by atoms with van der Waals surface area (Å²) in [7, 11) is 0. The van der Waals surface area contributed by atoms with Gasteiger partial charge in [0.25, 0.3) is 0 Å². The molecule has 1 aliphatic heterocycles. The second-order valence-corrected chi connectivity index (χ2v) is 8.72. The number of nitrogens with one attached hydrogen (secondary N) is 1. The van der Waals surface area contributed by atoms with Crippen LogP contribution in [0, 0.1) is 23.2 Å². The number of hydrogen-bond acceptors (Lipinski definition) is 4. The van der Waals surface area contributed by atoms with E-state index in [1.165, 1.54) is 32.1 Å². The van der Waals surface area contributed by atoms with Crippen molar-refractivity contribution in [2.75, 3.05) is 23.3 Å². The van der Waals surface area contributed by atoms with Gasteiger partial charge in [-0.3, -0.25) is 4.79 Å². The van der Waals surface area contributed by atoms with E-state index in [0.29, 0.717) is 29.6 Å². The monoisotopic (exact) mass is 410 g/mol. The lowest BCUT2D eigenvalue weighted by Crippen LogP contribution is -2.20. The van der Waals surface area contributed by atoms with Crippen LogP contribution in [-0.4, -0.2) is 24.0 Å². The molecule has 0 spiro atoms. The molecule has 6 heteroatoms. The number of nitriles is 1. The number of aromatic nitrogens is 1. The number of nitrogens with zero attached hydrogens (tertiary/aromatic N) is 3. The minimum Gasteiger partial charge on any atom is -0.355 e. The summed E-state index contributed by atoms with van der Waals surface area (Å²) in [6, 6.07) is 9.94. The van der Waals surface area contributed by atoms with Crippen LogP contribution in [0.25, 0.3) is 10.9 Å². The minimum atomic E-state index is 0.0189.